The first-order chi connectivity index (χ1) is 8.34. The van der Waals surface area contributed by atoms with Gasteiger partial charge in [0.1, 0.15) is 5.76 Å². The number of carbonyl (C=O) groups excluding carboxylic acids is 1. The second-order valence-electron chi connectivity index (χ2n) is 4.23. The van der Waals surface area contributed by atoms with Gasteiger partial charge >= 0.3 is 0 Å². The Morgan fingerprint density at radius 2 is 2.06 bits per heavy atom. The van der Waals surface area contributed by atoms with E-state index in [2.05, 4.69) is 0 Å². The zero-order chi connectivity index (χ0) is 11.7. The van der Waals surface area contributed by atoms with Crippen molar-refractivity contribution in [2.75, 3.05) is 13.1 Å². The molecule has 17 heavy (non-hydrogen) atoms. The quantitative estimate of drug-likeness (QED) is 0.797. The Bertz CT molecular complexity index is 487. The maximum atomic E-state index is 12.0. The van der Waals surface area contributed by atoms with Crippen LogP contribution in [0.2, 0.25) is 0 Å². The summed E-state index contributed by atoms with van der Waals surface area (Å²) in [5.41, 5.74) is 0. The molecule has 1 atom stereocenters. The molecule has 3 rings (SSSR count). The van der Waals surface area contributed by atoms with Crippen molar-refractivity contribution in [3.8, 4) is 0 Å². The minimum absolute atomic E-state index is 0.0379. The van der Waals surface area contributed by atoms with Crippen molar-refractivity contribution in [3.63, 3.8) is 0 Å². The van der Waals surface area contributed by atoms with E-state index < -0.39 is 0 Å². The molecular formula is C13H13NO3. The average molecular weight is 231 g/mol. The van der Waals surface area contributed by atoms with Crippen LogP contribution in [0.1, 0.15) is 28.7 Å². The van der Waals surface area contributed by atoms with Crippen molar-refractivity contribution in [1.29, 1.82) is 0 Å². The normalized spacial score (nSPS) is 19.8. The van der Waals surface area contributed by atoms with Crippen molar-refractivity contribution in [1.82, 2.24) is 4.90 Å². The van der Waals surface area contributed by atoms with Gasteiger partial charge in [-0.05, 0) is 30.7 Å². The number of amides is 1. The van der Waals surface area contributed by atoms with Crippen LogP contribution in [0.15, 0.2) is 45.6 Å². The SMILES string of the molecule is O=C(c1ccco1)N1CCC(c2ccco2)C1. The summed E-state index contributed by atoms with van der Waals surface area (Å²) in [4.78, 5) is 13.8. The summed E-state index contributed by atoms with van der Waals surface area (Å²) < 4.78 is 10.5. The van der Waals surface area contributed by atoms with E-state index in [1.54, 1.807) is 18.4 Å². The van der Waals surface area contributed by atoms with Gasteiger partial charge in [0.15, 0.2) is 5.76 Å². The van der Waals surface area contributed by atoms with Gasteiger partial charge in [0.05, 0.1) is 12.5 Å². The largest absolute Gasteiger partial charge is 0.469 e. The Balaban J connectivity index is 1.70. The third-order valence-corrected chi connectivity index (χ3v) is 3.15. The van der Waals surface area contributed by atoms with Crippen molar-refractivity contribution in [2.24, 2.45) is 0 Å². The highest BCUT2D eigenvalue weighted by Crippen LogP contribution is 2.28. The summed E-state index contributed by atoms with van der Waals surface area (Å²) in [7, 11) is 0. The molecule has 2 aromatic rings. The van der Waals surface area contributed by atoms with Gasteiger partial charge in [-0.25, -0.2) is 0 Å². The molecular weight excluding hydrogens is 218 g/mol. The van der Waals surface area contributed by atoms with Crippen LogP contribution in [-0.2, 0) is 0 Å². The first kappa shape index (κ1) is 10.2. The van der Waals surface area contributed by atoms with Crippen LogP contribution in [0.3, 0.4) is 0 Å². The molecule has 1 amide bonds. The average Bonchev–Trinajstić information content (AvgIpc) is 3.09. The summed E-state index contributed by atoms with van der Waals surface area (Å²) in [6.07, 6.45) is 4.14. The van der Waals surface area contributed by atoms with Crippen molar-refractivity contribution in [2.45, 2.75) is 12.3 Å². The molecule has 0 aromatic carbocycles. The summed E-state index contributed by atoms with van der Waals surface area (Å²) in [5, 5.41) is 0. The van der Waals surface area contributed by atoms with E-state index in [0.717, 1.165) is 18.7 Å². The predicted molar refractivity (Wildman–Crippen MR) is 60.7 cm³/mol. The van der Waals surface area contributed by atoms with E-state index in [0.29, 0.717) is 18.2 Å². The van der Waals surface area contributed by atoms with Crippen LogP contribution in [-0.4, -0.2) is 23.9 Å². The van der Waals surface area contributed by atoms with Gasteiger partial charge in [0, 0.05) is 19.0 Å². The molecule has 0 saturated carbocycles. The van der Waals surface area contributed by atoms with E-state index in [1.165, 1.54) is 6.26 Å². The Morgan fingerprint density at radius 1 is 1.24 bits per heavy atom. The Hall–Kier alpha value is -1.97. The maximum Gasteiger partial charge on any atom is 0.289 e. The Morgan fingerprint density at radius 3 is 2.76 bits per heavy atom. The highest BCUT2D eigenvalue weighted by molar-refractivity contribution is 5.91. The van der Waals surface area contributed by atoms with Crippen molar-refractivity contribution < 1.29 is 13.6 Å². The Labute approximate surface area is 98.8 Å². The first-order valence-corrected chi connectivity index (χ1v) is 5.71. The Kier molecular flexibility index (Phi) is 2.48. The number of hydrogen-bond donors (Lipinski definition) is 0. The fourth-order valence-corrected chi connectivity index (χ4v) is 2.26. The fourth-order valence-electron chi connectivity index (χ4n) is 2.26. The van der Waals surface area contributed by atoms with Gasteiger partial charge in [-0.1, -0.05) is 0 Å². The molecule has 0 bridgehead atoms. The van der Waals surface area contributed by atoms with Crippen LogP contribution in [0, 0.1) is 0 Å². The standard InChI is InChI=1S/C13H13NO3/c15-13(12-4-2-8-17-12)14-6-5-10(9-14)11-3-1-7-16-11/h1-4,7-8,10H,5-6,9H2. The molecule has 0 radical (unpaired) electrons. The van der Waals surface area contributed by atoms with E-state index in [-0.39, 0.29) is 5.91 Å². The highest BCUT2D eigenvalue weighted by Gasteiger charge is 2.30. The maximum absolute atomic E-state index is 12.0. The van der Waals surface area contributed by atoms with Gasteiger partial charge in [-0.2, -0.15) is 0 Å². The molecule has 1 unspecified atom stereocenters. The topological polar surface area (TPSA) is 46.6 Å². The lowest BCUT2D eigenvalue weighted by Gasteiger charge is -2.14. The van der Waals surface area contributed by atoms with Crippen LogP contribution in [0.5, 0.6) is 0 Å². The lowest BCUT2D eigenvalue weighted by molar-refractivity contribution is 0.0758. The molecule has 1 aliphatic rings. The van der Waals surface area contributed by atoms with E-state index in [4.69, 9.17) is 8.83 Å². The van der Waals surface area contributed by atoms with E-state index in [9.17, 15) is 4.79 Å². The van der Waals surface area contributed by atoms with Gasteiger partial charge in [-0.15, -0.1) is 0 Å². The molecule has 1 fully saturated rings. The third-order valence-electron chi connectivity index (χ3n) is 3.15. The number of carbonyl (C=O) groups is 1. The van der Waals surface area contributed by atoms with Crippen LogP contribution < -0.4 is 0 Å². The van der Waals surface area contributed by atoms with Gasteiger partial charge < -0.3 is 13.7 Å². The fraction of sp³-hybridized carbons (Fsp3) is 0.308. The third kappa shape index (κ3) is 1.86. The zero-order valence-electron chi connectivity index (χ0n) is 9.33. The molecule has 3 heterocycles. The van der Waals surface area contributed by atoms with Gasteiger partial charge in [-0.3, -0.25) is 4.79 Å². The monoisotopic (exact) mass is 231 g/mol. The molecule has 1 aliphatic heterocycles. The van der Waals surface area contributed by atoms with Gasteiger partial charge in [0.25, 0.3) is 5.91 Å². The minimum Gasteiger partial charge on any atom is -0.469 e. The number of likely N-dealkylation sites (tertiary alicyclic amines) is 1. The highest BCUT2D eigenvalue weighted by atomic mass is 16.3. The summed E-state index contributed by atoms with van der Waals surface area (Å²) in [5.74, 6) is 1.64. The molecule has 1 saturated heterocycles. The molecule has 0 N–H and O–H groups in total. The van der Waals surface area contributed by atoms with E-state index in [1.807, 2.05) is 17.0 Å². The zero-order valence-corrected chi connectivity index (χ0v) is 9.33. The van der Waals surface area contributed by atoms with Crippen molar-refractivity contribution >= 4 is 5.91 Å². The molecule has 4 nitrogen and oxygen atoms in total. The van der Waals surface area contributed by atoms with E-state index >= 15 is 0 Å². The molecule has 4 heteroatoms. The molecule has 0 aliphatic carbocycles. The lowest BCUT2D eigenvalue weighted by Crippen LogP contribution is -2.28. The molecule has 88 valence electrons. The predicted octanol–water partition coefficient (Wildman–Crippen LogP) is 2.50. The molecule has 2 aromatic heterocycles. The number of furan rings is 2. The summed E-state index contributed by atoms with van der Waals surface area (Å²) >= 11 is 0. The first-order valence-electron chi connectivity index (χ1n) is 5.71. The number of rotatable bonds is 2. The van der Waals surface area contributed by atoms with Crippen LogP contribution >= 0.6 is 0 Å². The lowest BCUT2D eigenvalue weighted by atomic mass is 10.1. The van der Waals surface area contributed by atoms with Gasteiger partial charge in [0.2, 0.25) is 0 Å². The van der Waals surface area contributed by atoms with Crippen LogP contribution in [0.25, 0.3) is 0 Å². The van der Waals surface area contributed by atoms with Crippen LogP contribution in [0.4, 0.5) is 0 Å². The second kappa shape index (κ2) is 4.13. The number of nitrogens with zero attached hydrogens (tertiary/aromatic N) is 1. The number of hydrogen-bond acceptors (Lipinski definition) is 3. The summed E-state index contributed by atoms with van der Waals surface area (Å²) in [6, 6.07) is 7.27. The molecule has 0 spiro atoms. The summed E-state index contributed by atoms with van der Waals surface area (Å²) in [6.45, 7) is 1.46. The minimum atomic E-state index is -0.0379. The van der Waals surface area contributed by atoms with Crippen molar-refractivity contribution in [3.05, 3.63) is 48.3 Å². The smallest absolute Gasteiger partial charge is 0.289 e. The second-order valence-corrected chi connectivity index (χ2v) is 4.23.